The molecule has 2 nitrogen and oxygen atoms in total. The largest absolute Gasteiger partial charge is 0.370 e. The number of halogens is 1. The minimum atomic E-state index is -0.895. The molecule has 0 fully saturated rings. The van der Waals surface area contributed by atoms with Crippen LogP contribution in [0, 0.1) is 5.82 Å². The number of thioether (sulfide) groups is 1. The molecule has 0 aliphatic heterocycles. The summed E-state index contributed by atoms with van der Waals surface area (Å²) in [6.07, 6.45) is 4.25. The van der Waals surface area contributed by atoms with Crippen LogP contribution in [0.3, 0.4) is 0 Å². The Morgan fingerprint density at radius 3 is 2.78 bits per heavy atom. The van der Waals surface area contributed by atoms with Gasteiger partial charge in [0.2, 0.25) is 0 Å². The van der Waals surface area contributed by atoms with E-state index in [0.29, 0.717) is 10.9 Å². The van der Waals surface area contributed by atoms with E-state index in [-0.39, 0.29) is 5.82 Å². The van der Waals surface area contributed by atoms with Gasteiger partial charge in [-0.15, -0.1) is 0 Å². The van der Waals surface area contributed by atoms with Gasteiger partial charge in [0.1, 0.15) is 10.1 Å². The van der Waals surface area contributed by atoms with E-state index in [0.717, 1.165) is 11.3 Å². The van der Waals surface area contributed by atoms with Gasteiger partial charge in [-0.25, -0.2) is 4.39 Å². The quantitative estimate of drug-likeness (QED) is 0.514. The highest BCUT2D eigenvalue weighted by molar-refractivity contribution is 8.23. The summed E-state index contributed by atoms with van der Waals surface area (Å²) < 4.78 is 24.1. The van der Waals surface area contributed by atoms with Crippen molar-refractivity contribution < 1.29 is 8.60 Å². The first-order valence-electron chi connectivity index (χ1n) is 5.28. The molecule has 0 aromatic heterocycles. The lowest BCUT2D eigenvalue weighted by molar-refractivity contribution is 0.626. The van der Waals surface area contributed by atoms with Crippen LogP contribution in [0.25, 0.3) is 0 Å². The van der Waals surface area contributed by atoms with Crippen LogP contribution in [-0.4, -0.2) is 21.3 Å². The van der Waals surface area contributed by atoms with Gasteiger partial charge in [-0.1, -0.05) is 30.1 Å². The number of hydrogen-bond donors (Lipinski definition) is 1. The third-order valence-electron chi connectivity index (χ3n) is 1.89. The summed E-state index contributed by atoms with van der Waals surface area (Å²) in [5.41, 5.74) is 0. The average molecular weight is 303 g/mol. The lowest BCUT2D eigenvalue weighted by Gasteiger charge is -2.05. The van der Waals surface area contributed by atoms with Gasteiger partial charge in [0, 0.05) is 28.5 Å². The first kappa shape index (κ1) is 15.3. The smallest absolute Gasteiger partial charge is 0.138 e. The van der Waals surface area contributed by atoms with Gasteiger partial charge in [0.05, 0.1) is 0 Å². The molecule has 0 radical (unpaired) electrons. The van der Waals surface area contributed by atoms with Crippen molar-refractivity contribution in [3.8, 4) is 0 Å². The van der Waals surface area contributed by atoms with E-state index >= 15 is 0 Å². The molecule has 0 amide bonds. The van der Waals surface area contributed by atoms with Crippen LogP contribution >= 0.6 is 24.0 Å². The van der Waals surface area contributed by atoms with Crippen molar-refractivity contribution in [3.63, 3.8) is 0 Å². The van der Waals surface area contributed by atoms with E-state index in [1.54, 1.807) is 23.8 Å². The number of thiocarbonyl (C=S) groups is 1. The summed E-state index contributed by atoms with van der Waals surface area (Å²) in [6, 6.07) is 6.19. The van der Waals surface area contributed by atoms with Crippen LogP contribution in [0.5, 0.6) is 0 Å². The molecule has 0 saturated carbocycles. The zero-order valence-electron chi connectivity index (χ0n) is 9.89. The molecule has 98 valence electrons. The van der Waals surface area contributed by atoms with Crippen LogP contribution in [0.1, 0.15) is 6.42 Å². The molecule has 18 heavy (non-hydrogen) atoms. The highest BCUT2D eigenvalue weighted by Crippen LogP contribution is 2.18. The molecule has 1 aromatic carbocycles. The van der Waals surface area contributed by atoms with Crippen LogP contribution in [-0.2, 0) is 10.8 Å². The first-order chi connectivity index (χ1) is 8.58. The molecule has 1 rings (SSSR count). The molecular weight excluding hydrogens is 289 g/mol. The standard InChI is InChI=1S/C12H14FNOS3/c1-18(15)9-3-2-8-14-12(16)17-11-6-4-10(13)5-7-11/h3-7,9H,2,8H2,1H3,(H,14,16)/b9-3+. The molecular formula is C12H14FNOS3. The van der Waals surface area contributed by atoms with Gasteiger partial charge in [-0.2, -0.15) is 0 Å². The predicted octanol–water partition coefficient (Wildman–Crippen LogP) is 3.07. The minimum absolute atomic E-state index is 0.254. The molecule has 0 aliphatic carbocycles. The molecule has 0 heterocycles. The monoisotopic (exact) mass is 303 g/mol. The SMILES string of the molecule is CS(=O)/C=C/CCNC(=S)Sc1ccc(F)cc1. The zero-order valence-corrected chi connectivity index (χ0v) is 12.3. The predicted molar refractivity (Wildman–Crippen MR) is 80.7 cm³/mol. The Hall–Kier alpha value is -0.720. The lowest BCUT2D eigenvalue weighted by Crippen LogP contribution is -2.18. The number of nitrogens with one attached hydrogen (secondary N) is 1. The highest BCUT2D eigenvalue weighted by Gasteiger charge is 1.99. The minimum Gasteiger partial charge on any atom is -0.370 e. The van der Waals surface area contributed by atoms with Crippen molar-refractivity contribution in [2.24, 2.45) is 0 Å². The van der Waals surface area contributed by atoms with E-state index < -0.39 is 10.8 Å². The fourth-order valence-corrected chi connectivity index (χ4v) is 2.57. The summed E-state index contributed by atoms with van der Waals surface area (Å²) in [5, 5.41) is 4.72. The zero-order chi connectivity index (χ0) is 13.4. The fourth-order valence-electron chi connectivity index (χ4n) is 1.11. The molecule has 1 N–H and O–H groups in total. The number of benzene rings is 1. The molecule has 1 aromatic rings. The molecule has 6 heteroatoms. The molecule has 1 atom stereocenters. The second-order valence-electron chi connectivity index (χ2n) is 3.43. The maximum atomic E-state index is 12.7. The molecule has 0 saturated heterocycles. The van der Waals surface area contributed by atoms with Crippen molar-refractivity contribution in [2.45, 2.75) is 11.3 Å². The second-order valence-corrected chi connectivity index (χ2v) is 6.45. The van der Waals surface area contributed by atoms with Gasteiger partial charge < -0.3 is 5.32 Å². The van der Waals surface area contributed by atoms with Gasteiger partial charge in [0.15, 0.2) is 0 Å². The summed E-state index contributed by atoms with van der Waals surface area (Å²) in [4.78, 5) is 0.902. The van der Waals surface area contributed by atoms with Crippen LogP contribution < -0.4 is 5.32 Å². The Morgan fingerprint density at radius 1 is 1.50 bits per heavy atom. The fraction of sp³-hybridized carbons (Fsp3) is 0.250. The van der Waals surface area contributed by atoms with Crippen molar-refractivity contribution in [2.75, 3.05) is 12.8 Å². The third kappa shape index (κ3) is 6.88. The summed E-state index contributed by atoms with van der Waals surface area (Å²) >= 11 is 6.53. The second kappa shape index (κ2) is 8.39. The van der Waals surface area contributed by atoms with Crippen molar-refractivity contribution >= 4 is 39.1 Å². The Labute approximate surface area is 119 Å². The third-order valence-corrected chi connectivity index (χ3v) is 3.70. The van der Waals surface area contributed by atoms with E-state index in [9.17, 15) is 8.60 Å². The maximum Gasteiger partial charge on any atom is 0.138 e. The highest BCUT2D eigenvalue weighted by atomic mass is 32.2. The van der Waals surface area contributed by atoms with Crippen LogP contribution in [0.2, 0.25) is 0 Å². The van der Waals surface area contributed by atoms with Crippen molar-refractivity contribution in [3.05, 3.63) is 41.6 Å². The van der Waals surface area contributed by atoms with Crippen LogP contribution in [0.4, 0.5) is 4.39 Å². The Balaban J connectivity index is 2.25. The van der Waals surface area contributed by atoms with Crippen LogP contribution in [0.15, 0.2) is 40.6 Å². The summed E-state index contributed by atoms with van der Waals surface area (Å²) in [5.74, 6) is -0.254. The van der Waals surface area contributed by atoms with Crippen molar-refractivity contribution in [1.82, 2.24) is 5.32 Å². The van der Waals surface area contributed by atoms with E-state index in [1.165, 1.54) is 23.9 Å². The van der Waals surface area contributed by atoms with Gasteiger partial charge in [-0.3, -0.25) is 4.21 Å². The molecule has 1 unspecified atom stereocenters. The van der Waals surface area contributed by atoms with Gasteiger partial charge in [-0.05, 0) is 36.1 Å². The first-order valence-corrected chi connectivity index (χ1v) is 8.12. The maximum absolute atomic E-state index is 12.7. The normalized spacial score (nSPS) is 12.6. The Bertz CT molecular complexity index is 445. The molecule has 0 bridgehead atoms. The van der Waals surface area contributed by atoms with Crippen molar-refractivity contribution in [1.29, 1.82) is 0 Å². The Morgan fingerprint density at radius 2 is 2.17 bits per heavy atom. The van der Waals surface area contributed by atoms with E-state index in [2.05, 4.69) is 5.32 Å². The van der Waals surface area contributed by atoms with Gasteiger partial charge >= 0.3 is 0 Å². The molecule has 0 spiro atoms. The lowest BCUT2D eigenvalue weighted by atomic mass is 10.4. The summed E-state index contributed by atoms with van der Waals surface area (Å²) in [7, 11) is -0.895. The van der Waals surface area contributed by atoms with E-state index in [1.807, 2.05) is 6.08 Å². The van der Waals surface area contributed by atoms with E-state index in [4.69, 9.17) is 12.2 Å². The number of hydrogen-bond acceptors (Lipinski definition) is 3. The summed E-state index contributed by atoms with van der Waals surface area (Å²) in [6.45, 7) is 0.695. The topological polar surface area (TPSA) is 29.1 Å². The Kier molecular flexibility index (Phi) is 7.15. The number of rotatable bonds is 5. The molecule has 0 aliphatic rings. The van der Waals surface area contributed by atoms with Gasteiger partial charge in [0.25, 0.3) is 0 Å². The average Bonchev–Trinajstić information content (AvgIpc) is 2.31.